The Hall–Kier alpha value is -4.45. The Bertz CT molecular complexity index is 1730. The van der Waals surface area contributed by atoms with Crippen molar-refractivity contribution in [3.05, 3.63) is 134 Å². The van der Waals surface area contributed by atoms with Crippen LogP contribution in [0.25, 0.3) is 0 Å². The van der Waals surface area contributed by atoms with Crippen molar-refractivity contribution in [3.63, 3.8) is 0 Å². The van der Waals surface area contributed by atoms with Crippen molar-refractivity contribution >= 4 is 17.9 Å². The quantitative estimate of drug-likeness (QED) is 0.0261. The minimum atomic E-state index is -0.802. The van der Waals surface area contributed by atoms with Crippen LogP contribution in [0.2, 0.25) is 0 Å². The second kappa shape index (κ2) is 69.0. The zero-order valence-corrected chi connectivity index (χ0v) is 53.5. The molecule has 0 aromatic rings. The molecule has 0 aliphatic heterocycles. The van der Waals surface area contributed by atoms with E-state index in [0.717, 1.165) is 148 Å². The molecular weight excluding hydrogens is 1010 g/mol. The number of carbonyl (C=O) groups excluding carboxylic acids is 3. The van der Waals surface area contributed by atoms with E-state index in [1.54, 1.807) is 0 Å². The summed E-state index contributed by atoms with van der Waals surface area (Å²) in [6.45, 7) is 6.49. The Labute approximate surface area is 506 Å². The van der Waals surface area contributed by atoms with Crippen molar-refractivity contribution in [2.24, 2.45) is 0 Å². The SMILES string of the molecule is CC/C=C\C/C=C\C/C=C\C/C=C\C/C=C\C/C=C\C/C=C\C/C=C\CCCCCCC(=O)OCC(COC(=O)CCCCCCC/C=C\C/C=C\CCCCCC)OC(=O)CCCCCCCCCCC/C=C\CCCCCCCC. The molecule has 0 aromatic heterocycles. The maximum atomic E-state index is 12.9. The third-order valence-corrected chi connectivity index (χ3v) is 14.4. The molecule has 0 aliphatic rings. The number of allylic oxidation sites excluding steroid dienone is 22. The minimum absolute atomic E-state index is 0.0967. The summed E-state index contributed by atoms with van der Waals surface area (Å²) in [7, 11) is 0. The summed E-state index contributed by atoms with van der Waals surface area (Å²) in [6.07, 6.45) is 97.4. The van der Waals surface area contributed by atoms with Crippen LogP contribution in [0, 0.1) is 0 Å². The first-order valence-corrected chi connectivity index (χ1v) is 34.2. The van der Waals surface area contributed by atoms with E-state index in [1.165, 1.54) is 122 Å². The molecular formula is C76H126O6. The zero-order chi connectivity index (χ0) is 59.2. The molecule has 0 spiro atoms. The maximum absolute atomic E-state index is 12.9. The Kier molecular flexibility index (Phi) is 65.3. The van der Waals surface area contributed by atoms with Gasteiger partial charge in [-0.3, -0.25) is 14.4 Å². The van der Waals surface area contributed by atoms with Gasteiger partial charge in [-0.1, -0.05) is 283 Å². The lowest BCUT2D eigenvalue weighted by atomic mass is 10.1. The van der Waals surface area contributed by atoms with E-state index >= 15 is 0 Å². The van der Waals surface area contributed by atoms with Gasteiger partial charge in [0.2, 0.25) is 0 Å². The second-order valence-corrected chi connectivity index (χ2v) is 22.3. The second-order valence-electron chi connectivity index (χ2n) is 22.3. The van der Waals surface area contributed by atoms with Gasteiger partial charge in [-0.2, -0.15) is 0 Å². The van der Waals surface area contributed by atoms with Crippen LogP contribution >= 0.6 is 0 Å². The first-order valence-electron chi connectivity index (χ1n) is 34.2. The highest BCUT2D eigenvalue weighted by Crippen LogP contribution is 2.15. The lowest BCUT2D eigenvalue weighted by Crippen LogP contribution is -2.30. The number of hydrogen-bond acceptors (Lipinski definition) is 6. The van der Waals surface area contributed by atoms with Gasteiger partial charge in [-0.05, 0) is 141 Å². The molecule has 0 amide bonds. The fraction of sp³-hybridized carbons (Fsp3) is 0.671. The molecule has 0 aromatic carbocycles. The summed E-state index contributed by atoms with van der Waals surface area (Å²) < 4.78 is 16.9. The lowest BCUT2D eigenvalue weighted by molar-refractivity contribution is -0.167. The van der Waals surface area contributed by atoms with Gasteiger partial charge in [0, 0.05) is 19.3 Å². The highest BCUT2D eigenvalue weighted by molar-refractivity contribution is 5.71. The van der Waals surface area contributed by atoms with Gasteiger partial charge in [0.05, 0.1) is 0 Å². The van der Waals surface area contributed by atoms with E-state index in [-0.39, 0.29) is 31.1 Å². The average Bonchev–Trinajstić information content (AvgIpc) is 3.47. The summed E-state index contributed by atoms with van der Waals surface area (Å²) in [5, 5.41) is 0. The van der Waals surface area contributed by atoms with E-state index in [4.69, 9.17) is 14.2 Å². The molecule has 82 heavy (non-hydrogen) atoms. The summed E-state index contributed by atoms with van der Waals surface area (Å²) in [6, 6.07) is 0. The molecule has 0 saturated carbocycles. The van der Waals surface area contributed by atoms with Crippen LogP contribution in [-0.2, 0) is 28.6 Å². The average molecular weight is 1140 g/mol. The highest BCUT2D eigenvalue weighted by atomic mass is 16.6. The van der Waals surface area contributed by atoms with E-state index < -0.39 is 6.10 Å². The van der Waals surface area contributed by atoms with Crippen molar-refractivity contribution in [1.82, 2.24) is 0 Å². The molecule has 1 unspecified atom stereocenters. The molecule has 466 valence electrons. The first-order chi connectivity index (χ1) is 40.5. The van der Waals surface area contributed by atoms with Crippen molar-refractivity contribution in [2.75, 3.05) is 13.2 Å². The van der Waals surface area contributed by atoms with Crippen LogP contribution in [0.5, 0.6) is 0 Å². The van der Waals surface area contributed by atoms with Gasteiger partial charge in [0.1, 0.15) is 13.2 Å². The third-order valence-electron chi connectivity index (χ3n) is 14.4. The van der Waals surface area contributed by atoms with Gasteiger partial charge in [0.15, 0.2) is 6.10 Å². The summed E-state index contributed by atoms with van der Waals surface area (Å²) in [5.74, 6) is -0.931. The largest absolute Gasteiger partial charge is 0.462 e. The predicted molar refractivity (Wildman–Crippen MR) is 357 cm³/mol. The van der Waals surface area contributed by atoms with E-state index in [9.17, 15) is 14.4 Å². The van der Waals surface area contributed by atoms with Gasteiger partial charge in [0.25, 0.3) is 0 Å². The normalized spacial score (nSPS) is 13.0. The monoisotopic (exact) mass is 1130 g/mol. The van der Waals surface area contributed by atoms with Crippen molar-refractivity contribution in [2.45, 2.75) is 316 Å². The predicted octanol–water partition coefficient (Wildman–Crippen LogP) is 23.7. The topological polar surface area (TPSA) is 78.9 Å². The Morgan fingerprint density at radius 3 is 0.768 bits per heavy atom. The number of hydrogen-bond donors (Lipinski definition) is 0. The number of esters is 3. The number of unbranched alkanes of at least 4 members (excludes halogenated alkanes) is 28. The Morgan fingerprint density at radius 2 is 0.476 bits per heavy atom. The van der Waals surface area contributed by atoms with Crippen molar-refractivity contribution in [3.8, 4) is 0 Å². The van der Waals surface area contributed by atoms with Gasteiger partial charge in [-0.25, -0.2) is 0 Å². The molecule has 6 heteroatoms. The molecule has 0 N–H and O–H groups in total. The minimum Gasteiger partial charge on any atom is -0.462 e. The van der Waals surface area contributed by atoms with E-state index in [0.29, 0.717) is 19.3 Å². The molecule has 6 nitrogen and oxygen atoms in total. The molecule has 0 bridgehead atoms. The van der Waals surface area contributed by atoms with Crippen molar-refractivity contribution < 1.29 is 28.6 Å². The smallest absolute Gasteiger partial charge is 0.306 e. The lowest BCUT2D eigenvalue weighted by Gasteiger charge is -2.18. The Balaban J connectivity index is 4.43. The molecule has 0 rings (SSSR count). The van der Waals surface area contributed by atoms with Gasteiger partial charge in [-0.15, -0.1) is 0 Å². The standard InChI is InChI=1S/C76H126O6/c1-4-7-10-13-16-19-22-25-28-31-33-34-35-36-37-38-39-40-41-42-44-45-48-51-54-57-60-63-66-69-75(78)81-72-73(71-80-74(77)68-65-62-59-56-53-50-47-30-27-24-21-18-15-12-9-6-3)82-76(79)70-67-64-61-58-55-52-49-46-43-32-29-26-23-20-17-14-11-8-5-2/h7,10,16,19,21,24-26,28-30,33-34,36-37,39-40,42,44,47-48,51,73H,4-6,8-9,11-15,17-18,20,22-23,27,31-32,35,38,41,43,45-46,49-50,52-72H2,1-3H3/b10-7-,19-16-,24-21-,28-25-,29-26-,34-33-,37-36-,40-39-,44-42-,47-30-,51-48-. The van der Waals surface area contributed by atoms with Gasteiger partial charge < -0.3 is 14.2 Å². The van der Waals surface area contributed by atoms with Crippen LogP contribution in [0.4, 0.5) is 0 Å². The summed E-state index contributed by atoms with van der Waals surface area (Å²) >= 11 is 0. The first kappa shape index (κ1) is 77.5. The highest BCUT2D eigenvalue weighted by Gasteiger charge is 2.19. The van der Waals surface area contributed by atoms with Crippen LogP contribution in [0.3, 0.4) is 0 Å². The number of carbonyl (C=O) groups is 3. The van der Waals surface area contributed by atoms with Crippen LogP contribution in [-0.4, -0.2) is 37.2 Å². The van der Waals surface area contributed by atoms with Crippen LogP contribution in [0.15, 0.2) is 134 Å². The van der Waals surface area contributed by atoms with Gasteiger partial charge >= 0.3 is 17.9 Å². The zero-order valence-electron chi connectivity index (χ0n) is 53.5. The molecule has 0 heterocycles. The molecule has 0 saturated heterocycles. The Morgan fingerprint density at radius 1 is 0.256 bits per heavy atom. The maximum Gasteiger partial charge on any atom is 0.306 e. The third kappa shape index (κ3) is 66.4. The van der Waals surface area contributed by atoms with E-state index in [1.807, 2.05) is 0 Å². The van der Waals surface area contributed by atoms with Crippen LogP contribution < -0.4 is 0 Å². The molecule has 0 aliphatic carbocycles. The fourth-order valence-corrected chi connectivity index (χ4v) is 9.25. The molecule has 1 atom stereocenters. The summed E-state index contributed by atoms with van der Waals surface area (Å²) in [5.41, 5.74) is 0. The molecule has 0 fully saturated rings. The van der Waals surface area contributed by atoms with Crippen molar-refractivity contribution in [1.29, 1.82) is 0 Å². The van der Waals surface area contributed by atoms with Crippen LogP contribution in [0.1, 0.15) is 310 Å². The number of ether oxygens (including phenoxy) is 3. The molecule has 0 radical (unpaired) electrons. The van der Waals surface area contributed by atoms with E-state index in [2.05, 4.69) is 154 Å². The number of rotatable bonds is 61. The fourth-order valence-electron chi connectivity index (χ4n) is 9.25. The summed E-state index contributed by atoms with van der Waals surface area (Å²) in [4.78, 5) is 38.4.